The molecule has 0 atom stereocenters. The van der Waals surface area contributed by atoms with Crippen LogP contribution < -0.4 is 0 Å². The van der Waals surface area contributed by atoms with E-state index in [-0.39, 0.29) is 6.61 Å². The van der Waals surface area contributed by atoms with Gasteiger partial charge >= 0.3 is 0 Å². The molecule has 112 valence electrons. The highest BCUT2D eigenvalue weighted by atomic mass is 32.2. The lowest BCUT2D eigenvalue weighted by Crippen LogP contribution is -2.02. The van der Waals surface area contributed by atoms with Gasteiger partial charge in [-0.3, -0.25) is 4.18 Å². The summed E-state index contributed by atoms with van der Waals surface area (Å²) >= 11 is 0. The highest BCUT2D eigenvalue weighted by Crippen LogP contribution is 2.28. The van der Waals surface area contributed by atoms with Crippen molar-refractivity contribution in [3.05, 3.63) is 41.1 Å². The van der Waals surface area contributed by atoms with E-state index in [2.05, 4.69) is 17.3 Å². The van der Waals surface area contributed by atoms with Gasteiger partial charge in [-0.1, -0.05) is 17.3 Å². The number of aromatic nitrogens is 1. The molecule has 5 nitrogen and oxygen atoms in total. The third kappa shape index (κ3) is 3.51. The first kappa shape index (κ1) is 14.3. The molecule has 0 aliphatic heterocycles. The number of benzene rings is 1. The van der Waals surface area contributed by atoms with E-state index in [9.17, 15) is 8.42 Å². The lowest BCUT2D eigenvalue weighted by Gasteiger charge is -2.15. The SMILES string of the molecule is CS(=O)(=O)OCc1cc(-c2ccc3c(c2)CCCC3)on1. The minimum Gasteiger partial charge on any atom is -0.356 e. The van der Waals surface area contributed by atoms with Crippen LogP contribution in [-0.4, -0.2) is 19.8 Å². The average Bonchev–Trinajstić information content (AvgIpc) is 2.93. The van der Waals surface area contributed by atoms with Crippen molar-refractivity contribution in [1.82, 2.24) is 5.16 Å². The van der Waals surface area contributed by atoms with Crippen molar-refractivity contribution >= 4 is 10.1 Å². The Kier molecular flexibility index (Phi) is 3.82. The molecule has 1 aliphatic rings. The molecular weight excluding hydrogens is 290 g/mol. The summed E-state index contributed by atoms with van der Waals surface area (Å²) in [7, 11) is -3.47. The number of fused-ring (bicyclic) bond motifs is 1. The first-order valence-electron chi connectivity index (χ1n) is 6.93. The molecule has 1 aromatic heterocycles. The van der Waals surface area contributed by atoms with Crippen LogP contribution in [-0.2, 0) is 33.7 Å². The smallest absolute Gasteiger partial charge is 0.264 e. The molecule has 0 saturated carbocycles. The zero-order chi connectivity index (χ0) is 14.9. The van der Waals surface area contributed by atoms with E-state index in [1.165, 1.54) is 24.0 Å². The van der Waals surface area contributed by atoms with E-state index in [4.69, 9.17) is 8.71 Å². The molecule has 0 saturated heterocycles. The molecule has 2 aromatic rings. The number of hydrogen-bond acceptors (Lipinski definition) is 5. The van der Waals surface area contributed by atoms with Crippen molar-refractivity contribution < 1.29 is 17.1 Å². The largest absolute Gasteiger partial charge is 0.356 e. The molecular formula is C15H17NO4S. The van der Waals surface area contributed by atoms with Gasteiger partial charge in [0.25, 0.3) is 10.1 Å². The topological polar surface area (TPSA) is 69.4 Å². The van der Waals surface area contributed by atoms with Crippen LogP contribution in [0.2, 0.25) is 0 Å². The zero-order valence-corrected chi connectivity index (χ0v) is 12.6. The van der Waals surface area contributed by atoms with Gasteiger partial charge in [0.15, 0.2) is 5.76 Å². The molecule has 0 bridgehead atoms. The molecule has 0 amide bonds. The summed E-state index contributed by atoms with van der Waals surface area (Å²) in [6.45, 7) is -0.104. The highest BCUT2D eigenvalue weighted by molar-refractivity contribution is 7.85. The number of hydrogen-bond donors (Lipinski definition) is 0. The second-order valence-electron chi connectivity index (χ2n) is 5.34. The maximum atomic E-state index is 11.0. The van der Waals surface area contributed by atoms with E-state index < -0.39 is 10.1 Å². The third-order valence-electron chi connectivity index (χ3n) is 3.61. The molecule has 1 aliphatic carbocycles. The number of nitrogens with zero attached hydrogens (tertiary/aromatic N) is 1. The minimum absolute atomic E-state index is 0.104. The van der Waals surface area contributed by atoms with Crippen LogP contribution >= 0.6 is 0 Å². The van der Waals surface area contributed by atoms with Gasteiger partial charge in [0.05, 0.1) is 6.26 Å². The normalized spacial score (nSPS) is 14.9. The zero-order valence-electron chi connectivity index (χ0n) is 11.8. The van der Waals surface area contributed by atoms with Crippen molar-refractivity contribution in [2.24, 2.45) is 0 Å². The second-order valence-corrected chi connectivity index (χ2v) is 6.98. The minimum atomic E-state index is -3.47. The van der Waals surface area contributed by atoms with Gasteiger partial charge in [-0.25, -0.2) is 0 Å². The van der Waals surface area contributed by atoms with E-state index in [0.717, 1.165) is 24.7 Å². The van der Waals surface area contributed by atoms with Gasteiger partial charge in [0.2, 0.25) is 0 Å². The summed E-state index contributed by atoms with van der Waals surface area (Å²) in [6.07, 6.45) is 5.72. The van der Waals surface area contributed by atoms with Crippen LogP contribution in [0, 0.1) is 0 Å². The van der Waals surface area contributed by atoms with Crippen molar-refractivity contribution in [2.75, 3.05) is 6.26 Å². The first-order chi connectivity index (χ1) is 10.0. The fourth-order valence-electron chi connectivity index (χ4n) is 2.57. The summed E-state index contributed by atoms with van der Waals surface area (Å²) in [5.74, 6) is 0.635. The van der Waals surface area contributed by atoms with Crippen LogP contribution in [0.4, 0.5) is 0 Å². The summed E-state index contributed by atoms with van der Waals surface area (Å²) in [6, 6.07) is 8.01. The van der Waals surface area contributed by atoms with Crippen molar-refractivity contribution in [1.29, 1.82) is 0 Å². The standard InChI is InChI=1S/C15H17NO4S/c1-21(17,18)19-10-14-9-15(20-16-14)13-7-6-11-4-2-3-5-12(11)8-13/h6-9H,2-5,10H2,1H3. The van der Waals surface area contributed by atoms with Gasteiger partial charge in [-0.2, -0.15) is 8.42 Å². The Morgan fingerprint density at radius 2 is 1.95 bits per heavy atom. The lowest BCUT2D eigenvalue weighted by molar-refractivity contribution is 0.296. The summed E-state index contributed by atoms with van der Waals surface area (Å²) in [5.41, 5.74) is 4.20. The predicted molar refractivity (Wildman–Crippen MR) is 78.2 cm³/mol. The molecule has 1 heterocycles. The Balaban J connectivity index is 1.80. The maximum Gasteiger partial charge on any atom is 0.264 e. The Morgan fingerprint density at radius 3 is 2.71 bits per heavy atom. The molecule has 1 aromatic carbocycles. The van der Waals surface area contributed by atoms with E-state index >= 15 is 0 Å². The molecule has 3 rings (SSSR count). The van der Waals surface area contributed by atoms with Gasteiger partial charge in [-0.05, 0) is 42.9 Å². The Morgan fingerprint density at radius 1 is 1.19 bits per heavy atom. The van der Waals surface area contributed by atoms with E-state index in [1.807, 2.05) is 6.07 Å². The van der Waals surface area contributed by atoms with Crippen LogP contribution in [0.3, 0.4) is 0 Å². The van der Waals surface area contributed by atoms with Crippen LogP contribution in [0.5, 0.6) is 0 Å². The summed E-state index contributed by atoms with van der Waals surface area (Å²) in [4.78, 5) is 0. The van der Waals surface area contributed by atoms with Crippen LogP contribution in [0.15, 0.2) is 28.8 Å². The number of aryl methyl sites for hydroxylation is 2. The monoisotopic (exact) mass is 307 g/mol. The molecule has 0 unspecified atom stereocenters. The number of rotatable bonds is 4. The fourth-order valence-corrected chi connectivity index (χ4v) is 2.90. The Bertz CT molecular complexity index is 749. The highest BCUT2D eigenvalue weighted by Gasteiger charge is 2.13. The van der Waals surface area contributed by atoms with Crippen LogP contribution in [0.1, 0.15) is 29.7 Å². The molecule has 0 radical (unpaired) electrons. The van der Waals surface area contributed by atoms with E-state index in [0.29, 0.717) is 11.5 Å². The summed E-state index contributed by atoms with van der Waals surface area (Å²) < 4.78 is 31.9. The quantitative estimate of drug-likeness (QED) is 0.812. The molecule has 0 spiro atoms. The predicted octanol–water partition coefficient (Wildman–Crippen LogP) is 2.70. The maximum absolute atomic E-state index is 11.0. The Hall–Kier alpha value is -1.66. The van der Waals surface area contributed by atoms with Crippen LogP contribution in [0.25, 0.3) is 11.3 Å². The second kappa shape index (κ2) is 5.61. The summed E-state index contributed by atoms with van der Waals surface area (Å²) in [5, 5.41) is 3.84. The average molecular weight is 307 g/mol. The van der Waals surface area contributed by atoms with Gasteiger partial charge in [0.1, 0.15) is 12.3 Å². The van der Waals surface area contributed by atoms with Crippen molar-refractivity contribution in [3.8, 4) is 11.3 Å². The molecule has 6 heteroatoms. The Labute approximate surface area is 124 Å². The molecule has 21 heavy (non-hydrogen) atoms. The first-order valence-corrected chi connectivity index (χ1v) is 8.75. The van der Waals surface area contributed by atoms with Crippen molar-refractivity contribution in [2.45, 2.75) is 32.3 Å². The van der Waals surface area contributed by atoms with Crippen molar-refractivity contribution in [3.63, 3.8) is 0 Å². The third-order valence-corrected chi connectivity index (χ3v) is 4.16. The molecule has 0 fully saturated rings. The fraction of sp³-hybridized carbons (Fsp3) is 0.400. The lowest BCUT2D eigenvalue weighted by atomic mass is 9.90. The van der Waals surface area contributed by atoms with Gasteiger partial charge < -0.3 is 4.52 Å². The van der Waals surface area contributed by atoms with E-state index in [1.54, 1.807) is 6.07 Å². The van der Waals surface area contributed by atoms with Gasteiger partial charge in [-0.15, -0.1) is 0 Å². The van der Waals surface area contributed by atoms with Gasteiger partial charge in [0, 0.05) is 11.6 Å². The molecule has 0 N–H and O–H groups in total.